The molecule has 0 saturated heterocycles. The average Bonchev–Trinajstić information content (AvgIpc) is 3.24. The van der Waals surface area contributed by atoms with Crippen LogP contribution in [0.25, 0.3) is 10.9 Å². The Labute approximate surface area is 214 Å². The van der Waals surface area contributed by atoms with Crippen LogP contribution in [0.3, 0.4) is 0 Å². The summed E-state index contributed by atoms with van der Waals surface area (Å²) < 4.78 is 47.5. The first-order valence-electron chi connectivity index (χ1n) is 12.1. The molecule has 3 nitrogen and oxygen atoms in total. The Morgan fingerprint density at radius 3 is 2.14 bits per heavy atom. The molecule has 0 aliphatic rings. The van der Waals surface area contributed by atoms with Crippen LogP contribution in [0.15, 0.2) is 109 Å². The second kappa shape index (κ2) is 10.9. The summed E-state index contributed by atoms with van der Waals surface area (Å²) in [7, 11) is 0. The molecule has 0 amide bonds. The fraction of sp³-hybridized carbons (Fsp3) is 0.161. The van der Waals surface area contributed by atoms with E-state index in [0.29, 0.717) is 25.3 Å². The molecular formula is C31H27F3N2O. The first-order chi connectivity index (χ1) is 18.0. The smallest absolute Gasteiger partial charge is 0.416 e. The lowest BCUT2D eigenvalue weighted by atomic mass is 10.1. The number of aromatic nitrogens is 1. The van der Waals surface area contributed by atoms with Gasteiger partial charge in [-0.15, -0.1) is 0 Å². The molecule has 1 aromatic heterocycles. The third-order valence-corrected chi connectivity index (χ3v) is 6.28. The predicted molar refractivity (Wildman–Crippen MR) is 140 cm³/mol. The van der Waals surface area contributed by atoms with Crippen LogP contribution in [0.1, 0.15) is 27.8 Å². The van der Waals surface area contributed by atoms with Crippen molar-refractivity contribution in [2.45, 2.75) is 32.4 Å². The highest BCUT2D eigenvalue weighted by Gasteiger charge is 2.30. The standard InChI is InChI=1S/C31H27F3N2O/c32-31(33,34)27-13-7-12-25(16-27)18-35-19-26-21-36(20-23-8-3-1-4-9-23)30-15-14-28(17-29(26)30)37-22-24-10-5-2-6-11-24/h1-17,21,35H,18-20,22H2. The van der Waals surface area contributed by atoms with Crippen molar-refractivity contribution in [1.29, 1.82) is 0 Å². The van der Waals surface area contributed by atoms with Gasteiger partial charge < -0.3 is 14.6 Å². The van der Waals surface area contributed by atoms with Gasteiger partial charge in [0.05, 0.1) is 5.56 Å². The molecule has 4 aromatic carbocycles. The molecule has 0 spiro atoms. The van der Waals surface area contributed by atoms with Crippen molar-refractivity contribution in [2.24, 2.45) is 0 Å². The van der Waals surface area contributed by atoms with Gasteiger partial charge in [-0.25, -0.2) is 0 Å². The Bertz CT molecular complexity index is 1460. The van der Waals surface area contributed by atoms with Crippen molar-refractivity contribution in [3.05, 3.63) is 137 Å². The molecule has 0 unspecified atom stereocenters. The Balaban J connectivity index is 1.37. The van der Waals surface area contributed by atoms with Crippen LogP contribution in [0.5, 0.6) is 5.75 Å². The van der Waals surface area contributed by atoms with Crippen molar-refractivity contribution in [3.63, 3.8) is 0 Å². The van der Waals surface area contributed by atoms with Gasteiger partial charge in [-0.1, -0.05) is 78.9 Å². The average molecular weight is 501 g/mol. The maximum absolute atomic E-state index is 13.1. The van der Waals surface area contributed by atoms with E-state index in [9.17, 15) is 13.2 Å². The monoisotopic (exact) mass is 500 g/mol. The molecule has 0 saturated carbocycles. The summed E-state index contributed by atoms with van der Waals surface area (Å²) in [6.07, 6.45) is -2.24. The number of benzene rings is 4. The van der Waals surface area contributed by atoms with Crippen LogP contribution in [0.4, 0.5) is 13.2 Å². The van der Waals surface area contributed by atoms with Crippen LogP contribution in [0.2, 0.25) is 0 Å². The van der Waals surface area contributed by atoms with Crippen LogP contribution in [0, 0.1) is 0 Å². The molecule has 0 aliphatic heterocycles. The number of hydrogen-bond acceptors (Lipinski definition) is 2. The second-order valence-corrected chi connectivity index (χ2v) is 9.02. The Kier molecular flexibility index (Phi) is 7.28. The summed E-state index contributed by atoms with van der Waals surface area (Å²) in [5.41, 5.74) is 4.37. The lowest BCUT2D eigenvalue weighted by Crippen LogP contribution is -2.13. The fourth-order valence-electron chi connectivity index (χ4n) is 4.43. The summed E-state index contributed by atoms with van der Waals surface area (Å²) >= 11 is 0. The van der Waals surface area contributed by atoms with Gasteiger partial charge in [-0.2, -0.15) is 13.2 Å². The van der Waals surface area contributed by atoms with E-state index in [0.717, 1.165) is 40.4 Å². The minimum absolute atomic E-state index is 0.333. The lowest BCUT2D eigenvalue weighted by Gasteiger charge is -2.10. The van der Waals surface area contributed by atoms with E-state index < -0.39 is 11.7 Å². The highest BCUT2D eigenvalue weighted by molar-refractivity contribution is 5.85. The van der Waals surface area contributed by atoms with E-state index in [2.05, 4.69) is 34.3 Å². The zero-order chi connectivity index (χ0) is 25.7. The second-order valence-electron chi connectivity index (χ2n) is 9.02. The van der Waals surface area contributed by atoms with Gasteiger partial charge in [0.1, 0.15) is 12.4 Å². The summed E-state index contributed by atoms with van der Waals surface area (Å²) in [6, 6.07) is 31.8. The van der Waals surface area contributed by atoms with Crippen molar-refractivity contribution in [3.8, 4) is 5.75 Å². The number of fused-ring (bicyclic) bond motifs is 1. The van der Waals surface area contributed by atoms with Gasteiger partial charge in [0.15, 0.2) is 0 Å². The number of nitrogens with one attached hydrogen (secondary N) is 1. The fourth-order valence-corrected chi connectivity index (χ4v) is 4.43. The van der Waals surface area contributed by atoms with Crippen molar-refractivity contribution < 1.29 is 17.9 Å². The first-order valence-corrected chi connectivity index (χ1v) is 12.1. The number of hydrogen-bond donors (Lipinski definition) is 1. The molecule has 5 aromatic rings. The highest BCUT2D eigenvalue weighted by Crippen LogP contribution is 2.30. The number of alkyl halides is 3. The maximum atomic E-state index is 13.1. The molecule has 37 heavy (non-hydrogen) atoms. The third-order valence-electron chi connectivity index (χ3n) is 6.28. The summed E-state index contributed by atoms with van der Waals surface area (Å²) in [5, 5.41) is 4.38. The molecule has 1 N–H and O–H groups in total. The molecule has 6 heteroatoms. The summed E-state index contributed by atoms with van der Waals surface area (Å²) in [4.78, 5) is 0. The Morgan fingerprint density at radius 1 is 0.703 bits per heavy atom. The van der Waals surface area contributed by atoms with E-state index in [1.165, 1.54) is 17.7 Å². The Morgan fingerprint density at radius 2 is 1.41 bits per heavy atom. The molecule has 188 valence electrons. The zero-order valence-electron chi connectivity index (χ0n) is 20.2. The quantitative estimate of drug-likeness (QED) is 0.226. The van der Waals surface area contributed by atoms with E-state index in [4.69, 9.17) is 4.74 Å². The SMILES string of the molecule is FC(F)(F)c1cccc(CNCc2cn(Cc3ccccc3)c3ccc(OCc4ccccc4)cc23)c1. The van der Waals surface area contributed by atoms with E-state index in [1.54, 1.807) is 6.07 Å². The number of rotatable bonds is 9. The van der Waals surface area contributed by atoms with Crippen LogP contribution >= 0.6 is 0 Å². The van der Waals surface area contributed by atoms with Gasteiger partial charge >= 0.3 is 6.18 Å². The van der Waals surface area contributed by atoms with Crippen LogP contribution < -0.4 is 10.1 Å². The summed E-state index contributed by atoms with van der Waals surface area (Å²) in [5.74, 6) is 0.771. The van der Waals surface area contributed by atoms with Gasteiger partial charge in [0, 0.05) is 36.7 Å². The Hall–Kier alpha value is -4.03. The third kappa shape index (κ3) is 6.22. The van der Waals surface area contributed by atoms with Crippen molar-refractivity contribution in [2.75, 3.05) is 0 Å². The van der Waals surface area contributed by atoms with E-state index >= 15 is 0 Å². The molecule has 0 atom stereocenters. The van der Waals surface area contributed by atoms with E-state index in [-0.39, 0.29) is 0 Å². The van der Waals surface area contributed by atoms with Crippen molar-refractivity contribution in [1.82, 2.24) is 9.88 Å². The topological polar surface area (TPSA) is 26.2 Å². The van der Waals surface area contributed by atoms with E-state index in [1.807, 2.05) is 60.7 Å². The van der Waals surface area contributed by atoms with Crippen LogP contribution in [-0.2, 0) is 32.4 Å². The normalized spacial score (nSPS) is 11.6. The molecule has 1 heterocycles. The van der Waals surface area contributed by atoms with Gasteiger partial charge in [0.25, 0.3) is 0 Å². The summed E-state index contributed by atoms with van der Waals surface area (Å²) in [6.45, 7) is 2.03. The van der Waals surface area contributed by atoms with Crippen LogP contribution in [-0.4, -0.2) is 4.57 Å². The highest BCUT2D eigenvalue weighted by atomic mass is 19.4. The minimum atomic E-state index is -4.35. The number of ether oxygens (including phenoxy) is 1. The largest absolute Gasteiger partial charge is 0.489 e. The molecule has 0 radical (unpaired) electrons. The minimum Gasteiger partial charge on any atom is -0.489 e. The van der Waals surface area contributed by atoms with Gasteiger partial charge in [0.2, 0.25) is 0 Å². The lowest BCUT2D eigenvalue weighted by molar-refractivity contribution is -0.137. The maximum Gasteiger partial charge on any atom is 0.416 e. The van der Waals surface area contributed by atoms with Crippen molar-refractivity contribution >= 4 is 10.9 Å². The van der Waals surface area contributed by atoms with Gasteiger partial charge in [-0.05, 0) is 46.5 Å². The molecular weight excluding hydrogens is 473 g/mol. The number of halogens is 3. The van der Waals surface area contributed by atoms with Gasteiger partial charge in [-0.3, -0.25) is 0 Å². The first kappa shape index (κ1) is 24.7. The molecule has 0 fully saturated rings. The molecule has 5 rings (SSSR count). The predicted octanol–water partition coefficient (Wildman–Crippen LogP) is 7.58. The molecule has 0 aliphatic carbocycles. The number of nitrogens with zero attached hydrogens (tertiary/aromatic N) is 1. The zero-order valence-corrected chi connectivity index (χ0v) is 20.2. The molecule has 0 bridgehead atoms.